The molecular weight excluding hydrogens is 192 g/mol. The molecule has 2 rings (SSSR count). The molecule has 3 heteroatoms. The third-order valence-electron chi connectivity index (χ3n) is 2.85. The van der Waals surface area contributed by atoms with Crippen molar-refractivity contribution in [3.8, 4) is 11.5 Å². The molecule has 3 nitrogen and oxygen atoms in total. The zero-order valence-electron chi connectivity index (χ0n) is 8.91. The third kappa shape index (κ3) is 1.44. The molecule has 15 heavy (non-hydrogen) atoms. The Balaban J connectivity index is 2.41. The summed E-state index contributed by atoms with van der Waals surface area (Å²) in [6.45, 7) is 3.56. The van der Waals surface area contributed by atoms with E-state index in [1.165, 1.54) is 5.56 Å². The fourth-order valence-corrected chi connectivity index (χ4v) is 1.93. The molecule has 0 aromatic heterocycles. The fraction of sp³-hybridized carbons (Fsp3) is 0.333. The van der Waals surface area contributed by atoms with Crippen LogP contribution in [0.25, 0.3) is 0 Å². The van der Waals surface area contributed by atoms with Crippen LogP contribution in [0.1, 0.15) is 17.0 Å². The van der Waals surface area contributed by atoms with Gasteiger partial charge in [0.25, 0.3) is 0 Å². The van der Waals surface area contributed by atoms with Crippen LogP contribution in [0.5, 0.6) is 11.5 Å². The van der Waals surface area contributed by atoms with E-state index < -0.39 is 0 Å². The Bertz CT molecular complexity index is 410. The van der Waals surface area contributed by atoms with Crippen LogP contribution < -0.4 is 9.47 Å². The lowest BCUT2D eigenvalue weighted by Gasteiger charge is -2.30. The summed E-state index contributed by atoms with van der Waals surface area (Å²) >= 11 is 0. The topological polar surface area (TPSA) is 38.7 Å². The van der Waals surface area contributed by atoms with E-state index in [1.807, 2.05) is 12.1 Å². The summed E-state index contributed by atoms with van der Waals surface area (Å²) in [4.78, 5) is 0. The number of aliphatic hydroxyl groups is 1. The standard InChI is InChI=1S/C12H14O3/c1-7(13)9-4-8-5-11(14-2)12(15-3)6-10(8)9/h5-6,9,13H,1,4H2,2-3H3/t9-/m0/s1. The van der Waals surface area contributed by atoms with Crippen LogP contribution >= 0.6 is 0 Å². The van der Waals surface area contributed by atoms with Gasteiger partial charge in [-0.3, -0.25) is 0 Å². The highest BCUT2D eigenvalue weighted by atomic mass is 16.5. The minimum Gasteiger partial charge on any atom is -0.512 e. The molecule has 0 unspecified atom stereocenters. The number of allylic oxidation sites excluding steroid dienone is 1. The van der Waals surface area contributed by atoms with E-state index in [-0.39, 0.29) is 11.7 Å². The minimum absolute atomic E-state index is 0.0554. The number of benzene rings is 1. The quantitative estimate of drug-likeness (QED) is 0.772. The molecule has 0 fully saturated rings. The van der Waals surface area contributed by atoms with Crippen molar-refractivity contribution in [2.75, 3.05) is 14.2 Å². The summed E-state index contributed by atoms with van der Waals surface area (Å²) in [5, 5.41) is 9.34. The number of hydrogen-bond acceptors (Lipinski definition) is 3. The molecule has 1 aromatic rings. The van der Waals surface area contributed by atoms with Gasteiger partial charge in [0, 0.05) is 5.92 Å². The lowest BCUT2D eigenvalue weighted by atomic mass is 9.76. The zero-order valence-corrected chi connectivity index (χ0v) is 8.91. The second-order valence-electron chi connectivity index (χ2n) is 3.65. The number of aliphatic hydroxyl groups excluding tert-OH is 1. The van der Waals surface area contributed by atoms with Crippen LogP contribution in [-0.4, -0.2) is 19.3 Å². The summed E-state index contributed by atoms with van der Waals surface area (Å²) in [5.74, 6) is 1.70. The Morgan fingerprint density at radius 1 is 1.33 bits per heavy atom. The maximum Gasteiger partial charge on any atom is 0.161 e. The lowest BCUT2D eigenvalue weighted by Crippen LogP contribution is -2.19. The average molecular weight is 206 g/mol. The van der Waals surface area contributed by atoms with E-state index in [0.717, 1.165) is 17.7 Å². The van der Waals surface area contributed by atoms with Crippen LogP contribution in [-0.2, 0) is 6.42 Å². The molecule has 0 aliphatic heterocycles. The Hall–Kier alpha value is -1.64. The average Bonchev–Trinajstić information content (AvgIpc) is 2.19. The first-order valence-electron chi connectivity index (χ1n) is 4.80. The van der Waals surface area contributed by atoms with Crippen molar-refractivity contribution >= 4 is 0 Å². The van der Waals surface area contributed by atoms with Gasteiger partial charge >= 0.3 is 0 Å². The first-order chi connectivity index (χ1) is 7.17. The Kier molecular flexibility index (Phi) is 2.31. The number of ether oxygens (including phenoxy) is 2. The van der Waals surface area contributed by atoms with Crippen LogP contribution in [0, 0.1) is 0 Å². The molecule has 0 bridgehead atoms. The van der Waals surface area contributed by atoms with E-state index in [9.17, 15) is 5.11 Å². The van der Waals surface area contributed by atoms with Crippen LogP contribution in [0.3, 0.4) is 0 Å². The third-order valence-corrected chi connectivity index (χ3v) is 2.85. The van der Waals surface area contributed by atoms with Crippen molar-refractivity contribution in [1.82, 2.24) is 0 Å². The zero-order chi connectivity index (χ0) is 11.0. The summed E-state index contributed by atoms with van der Waals surface area (Å²) in [7, 11) is 3.22. The van der Waals surface area contributed by atoms with Crippen LogP contribution in [0.15, 0.2) is 24.5 Å². The monoisotopic (exact) mass is 206 g/mol. The molecule has 0 saturated carbocycles. The van der Waals surface area contributed by atoms with E-state index in [2.05, 4.69) is 6.58 Å². The molecule has 0 radical (unpaired) electrons. The smallest absolute Gasteiger partial charge is 0.161 e. The van der Waals surface area contributed by atoms with Gasteiger partial charge in [-0.25, -0.2) is 0 Å². The first kappa shape index (κ1) is 9.90. The van der Waals surface area contributed by atoms with Gasteiger partial charge in [-0.1, -0.05) is 6.58 Å². The van der Waals surface area contributed by atoms with E-state index in [1.54, 1.807) is 14.2 Å². The number of hydrogen-bond donors (Lipinski definition) is 1. The molecule has 0 heterocycles. The maximum atomic E-state index is 9.34. The minimum atomic E-state index is 0.0554. The highest BCUT2D eigenvalue weighted by Crippen LogP contribution is 2.44. The maximum absolute atomic E-state index is 9.34. The highest BCUT2D eigenvalue weighted by Gasteiger charge is 2.30. The largest absolute Gasteiger partial charge is 0.512 e. The lowest BCUT2D eigenvalue weighted by molar-refractivity contribution is 0.341. The number of fused-ring (bicyclic) bond motifs is 1. The van der Waals surface area contributed by atoms with Gasteiger partial charge in [0.05, 0.1) is 20.0 Å². The summed E-state index contributed by atoms with van der Waals surface area (Å²) in [6.07, 6.45) is 0.824. The number of rotatable bonds is 3. The van der Waals surface area contributed by atoms with Crippen molar-refractivity contribution < 1.29 is 14.6 Å². The summed E-state index contributed by atoms with van der Waals surface area (Å²) < 4.78 is 10.4. The van der Waals surface area contributed by atoms with E-state index in [4.69, 9.17) is 9.47 Å². The molecule has 1 N–H and O–H groups in total. The van der Waals surface area contributed by atoms with Gasteiger partial charge in [0.1, 0.15) is 0 Å². The molecule has 1 aliphatic rings. The van der Waals surface area contributed by atoms with Crippen LogP contribution in [0.4, 0.5) is 0 Å². The molecular formula is C12H14O3. The second kappa shape index (κ2) is 3.50. The molecule has 0 spiro atoms. The van der Waals surface area contributed by atoms with Gasteiger partial charge in [-0.2, -0.15) is 0 Å². The van der Waals surface area contributed by atoms with Gasteiger partial charge in [0.15, 0.2) is 11.5 Å². The van der Waals surface area contributed by atoms with Crippen LogP contribution in [0.2, 0.25) is 0 Å². The van der Waals surface area contributed by atoms with E-state index in [0.29, 0.717) is 5.75 Å². The Morgan fingerprint density at radius 2 is 1.93 bits per heavy atom. The van der Waals surface area contributed by atoms with Gasteiger partial charge < -0.3 is 14.6 Å². The van der Waals surface area contributed by atoms with E-state index >= 15 is 0 Å². The normalized spacial score (nSPS) is 17.6. The predicted octanol–water partition coefficient (Wildman–Crippen LogP) is 2.42. The van der Waals surface area contributed by atoms with Crippen molar-refractivity contribution in [2.24, 2.45) is 0 Å². The molecule has 0 amide bonds. The highest BCUT2D eigenvalue weighted by molar-refractivity contribution is 5.54. The van der Waals surface area contributed by atoms with Gasteiger partial charge in [0.2, 0.25) is 0 Å². The Morgan fingerprint density at radius 3 is 2.47 bits per heavy atom. The molecule has 80 valence electrons. The van der Waals surface area contributed by atoms with Crippen molar-refractivity contribution in [3.05, 3.63) is 35.6 Å². The summed E-state index contributed by atoms with van der Waals surface area (Å²) in [6, 6.07) is 3.86. The molecule has 0 saturated heterocycles. The van der Waals surface area contributed by atoms with Crippen molar-refractivity contribution in [3.63, 3.8) is 0 Å². The molecule has 1 atom stereocenters. The Labute approximate surface area is 88.9 Å². The van der Waals surface area contributed by atoms with Gasteiger partial charge in [-0.05, 0) is 29.7 Å². The van der Waals surface area contributed by atoms with Gasteiger partial charge in [-0.15, -0.1) is 0 Å². The second-order valence-corrected chi connectivity index (χ2v) is 3.65. The fourth-order valence-electron chi connectivity index (χ4n) is 1.93. The number of methoxy groups -OCH3 is 2. The molecule has 1 aromatic carbocycles. The van der Waals surface area contributed by atoms with Crippen molar-refractivity contribution in [1.29, 1.82) is 0 Å². The predicted molar refractivity (Wildman–Crippen MR) is 57.8 cm³/mol. The SMILES string of the molecule is C=C(O)[C@@H]1Cc2cc(OC)c(OC)cc21. The van der Waals surface area contributed by atoms with Crippen molar-refractivity contribution in [2.45, 2.75) is 12.3 Å². The summed E-state index contributed by atoms with van der Waals surface area (Å²) in [5.41, 5.74) is 2.27. The first-order valence-corrected chi connectivity index (χ1v) is 4.80. The molecule has 1 aliphatic carbocycles.